The number of nitrogens with zero attached hydrogens (tertiary/aromatic N) is 3. The first-order valence-electron chi connectivity index (χ1n) is 10.0. The van der Waals surface area contributed by atoms with E-state index in [4.69, 9.17) is 9.47 Å². The van der Waals surface area contributed by atoms with Crippen LogP contribution in [-0.4, -0.2) is 72.8 Å². The zero-order chi connectivity index (χ0) is 20.2. The quantitative estimate of drug-likeness (QED) is 0.791. The van der Waals surface area contributed by atoms with Gasteiger partial charge in [-0.2, -0.15) is 0 Å². The molecule has 2 aliphatic rings. The molecule has 0 aliphatic carbocycles. The number of benzene rings is 1. The van der Waals surface area contributed by atoms with Crippen molar-refractivity contribution >= 4 is 5.91 Å². The van der Waals surface area contributed by atoms with E-state index in [2.05, 4.69) is 9.88 Å². The highest BCUT2D eigenvalue weighted by atomic mass is 19.1. The van der Waals surface area contributed by atoms with E-state index in [1.807, 2.05) is 19.1 Å². The maximum Gasteiger partial charge on any atom is 0.257 e. The van der Waals surface area contributed by atoms with Crippen LogP contribution in [0.25, 0.3) is 0 Å². The Kier molecular flexibility index (Phi) is 6.18. The van der Waals surface area contributed by atoms with Crippen LogP contribution in [0.4, 0.5) is 4.39 Å². The third-order valence-electron chi connectivity index (χ3n) is 5.53. The molecule has 0 saturated carbocycles. The lowest BCUT2D eigenvalue weighted by Gasteiger charge is -2.43. The number of morpholine rings is 2. The molecule has 6 nitrogen and oxygen atoms in total. The number of pyridine rings is 1. The normalized spacial score (nSPS) is 23.2. The predicted octanol–water partition coefficient (Wildman–Crippen LogP) is 2.44. The van der Waals surface area contributed by atoms with Crippen molar-refractivity contribution in [3.63, 3.8) is 0 Å². The molecule has 1 amide bonds. The Hall–Kier alpha value is -2.35. The monoisotopic (exact) mass is 399 g/mol. The Labute approximate surface area is 170 Å². The molecule has 1 aromatic carbocycles. The molecule has 7 heteroatoms. The Morgan fingerprint density at radius 1 is 1.21 bits per heavy atom. The number of aryl methyl sites for hydroxylation is 1. The number of carbonyl (C=O) groups is 1. The minimum Gasteiger partial charge on any atom is -0.379 e. The molecule has 0 spiro atoms. The van der Waals surface area contributed by atoms with Crippen molar-refractivity contribution in [2.24, 2.45) is 0 Å². The first-order chi connectivity index (χ1) is 14.1. The minimum absolute atomic E-state index is 0.103. The van der Waals surface area contributed by atoms with Gasteiger partial charge in [0.05, 0.1) is 37.5 Å². The summed E-state index contributed by atoms with van der Waals surface area (Å²) >= 11 is 0. The van der Waals surface area contributed by atoms with Gasteiger partial charge in [-0.1, -0.05) is 17.7 Å². The molecule has 1 aromatic heterocycles. The Morgan fingerprint density at radius 3 is 2.79 bits per heavy atom. The van der Waals surface area contributed by atoms with Crippen molar-refractivity contribution in [1.82, 2.24) is 14.8 Å². The van der Waals surface area contributed by atoms with Crippen molar-refractivity contribution in [2.45, 2.75) is 19.1 Å². The van der Waals surface area contributed by atoms with Crippen LogP contribution >= 0.6 is 0 Å². The largest absolute Gasteiger partial charge is 0.379 e. The Balaban J connectivity index is 1.65. The fraction of sp³-hybridized carbons (Fsp3) is 0.455. The lowest BCUT2D eigenvalue weighted by Crippen LogP contribution is -2.53. The van der Waals surface area contributed by atoms with Gasteiger partial charge in [0.15, 0.2) is 0 Å². The molecule has 154 valence electrons. The molecule has 2 aromatic rings. The van der Waals surface area contributed by atoms with Crippen molar-refractivity contribution < 1.29 is 18.7 Å². The van der Waals surface area contributed by atoms with Gasteiger partial charge in [0.25, 0.3) is 5.91 Å². The van der Waals surface area contributed by atoms with E-state index in [0.29, 0.717) is 32.9 Å². The summed E-state index contributed by atoms with van der Waals surface area (Å²) in [5, 5.41) is 0. The zero-order valence-corrected chi connectivity index (χ0v) is 16.6. The highest BCUT2D eigenvalue weighted by molar-refractivity contribution is 5.95. The number of halogens is 1. The van der Waals surface area contributed by atoms with Gasteiger partial charge in [0.2, 0.25) is 0 Å². The highest BCUT2D eigenvalue weighted by Gasteiger charge is 2.38. The van der Waals surface area contributed by atoms with Crippen LogP contribution in [0.3, 0.4) is 0 Å². The molecular weight excluding hydrogens is 373 g/mol. The molecule has 2 fully saturated rings. The second-order valence-corrected chi connectivity index (χ2v) is 7.54. The van der Waals surface area contributed by atoms with Crippen LogP contribution in [0.15, 0.2) is 42.7 Å². The molecule has 29 heavy (non-hydrogen) atoms. The zero-order valence-electron chi connectivity index (χ0n) is 16.6. The average molecular weight is 399 g/mol. The lowest BCUT2D eigenvalue weighted by molar-refractivity contribution is -0.0820. The van der Waals surface area contributed by atoms with Gasteiger partial charge in [-0.25, -0.2) is 4.39 Å². The van der Waals surface area contributed by atoms with Crippen LogP contribution in [0.1, 0.15) is 27.5 Å². The average Bonchev–Trinajstić information content (AvgIpc) is 2.76. The number of ether oxygens (including phenoxy) is 2. The molecule has 0 N–H and O–H groups in total. The summed E-state index contributed by atoms with van der Waals surface area (Å²) < 4.78 is 26.0. The SMILES string of the molecule is Cc1ccc(F)c(C(=O)N2CCO[C@@H](CN3CCOCC3)[C@@H]2c2cccnc2)c1. The Morgan fingerprint density at radius 2 is 2.03 bits per heavy atom. The predicted molar refractivity (Wildman–Crippen MR) is 106 cm³/mol. The maximum atomic E-state index is 14.5. The molecule has 2 atom stereocenters. The summed E-state index contributed by atoms with van der Waals surface area (Å²) in [7, 11) is 0. The topological polar surface area (TPSA) is 54.9 Å². The fourth-order valence-corrected chi connectivity index (χ4v) is 4.06. The summed E-state index contributed by atoms with van der Waals surface area (Å²) in [5.74, 6) is -0.808. The number of aromatic nitrogens is 1. The molecule has 3 heterocycles. The molecule has 0 radical (unpaired) electrons. The fourth-order valence-electron chi connectivity index (χ4n) is 4.06. The number of rotatable bonds is 4. The van der Waals surface area contributed by atoms with Crippen molar-refractivity contribution in [3.05, 3.63) is 65.2 Å². The van der Waals surface area contributed by atoms with Gasteiger partial charge in [0.1, 0.15) is 5.82 Å². The third kappa shape index (κ3) is 4.47. The molecular formula is C22H26FN3O3. The van der Waals surface area contributed by atoms with Crippen LogP contribution in [0.5, 0.6) is 0 Å². The van der Waals surface area contributed by atoms with Gasteiger partial charge in [0, 0.05) is 38.6 Å². The molecule has 2 aliphatic heterocycles. The minimum atomic E-state index is -0.498. The smallest absolute Gasteiger partial charge is 0.257 e. The third-order valence-corrected chi connectivity index (χ3v) is 5.53. The van der Waals surface area contributed by atoms with E-state index in [1.165, 1.54) is 6.07 Å². The highest BCUT2D eigenvalue weighted by Crippen LogP contribution is 2.32. The summed E-state index contributed by atoms with van der Waals surface area (Å²) in [6.07, 6.45) is 3.25. The lowest BCUT2D eigenvalue weighted by atomic mass is 9.97. The summed E-state index contributed by atoms with van der Waals surface area (Å²) in [6, 6.07) is 8.12. The van der Waals surface area contributed by atoms with Gasteiger partial charge in [-0.15, -0.1) is 0 Å². The van der Waals surface area contributed by atoms with Gasteiger partial charge < -0.3 is 14.4 Å². The molecule has 4 rings (SSSR count). The number of hydrogen-bond acceptors (Lipinski definition) is 5. The van der Waals surface area contributed by atoms with Crippen LogP contribution in [0.2, 0.25) is 0 Å². The first-order valence-corrected chi connectivity index (χ1v) is 10.0. The van der Waals surface area contributed by atoms with Gasteiger partial charge >= 0.3 is 0 Å². The van der Waals surface area contributed by atoms with E-state index in [9.17, 15) is 9.18 Å². The Bertz CT molecular complexity index is 842. The van der Waals surface area contributed by atoms with E-state index < -0.39 is 5.82 Å². The van der Waals surface area contributed by atoms with Crippen LogP contribution in [-0.2, 0) is 9.47 Å². The van der Waals surface area contributed by atoms with Crippen molar-refractivity contribution in [3.8, 4) is 0 Å². The maximum absolute atomic E-state index is 14.5. The molecule has 0 unspecified atom stereocenters. The van der Waals surface area contributed by atoms with E-state index >= 15 is 0 Å². The molecule has 2 saturated heterocycles. The van der Waals surface area contributed by atoms with Gasteiger partial charge in [-0.05, 0) is 30.7 Å². The summed E-state index contributed by atoms with van der Waals surface area (Å²) in [6.45, 7) is 6.43. The first kappa shape index (κ1) is 19.9. The number of amides is 1. The van der Waals surface area contributed by atoms with Gasteiger partial charge in [-0.3, -0.25) is 14.7 Å². The van der Waals surface area contributed by atoms with E-state index in [-0.39, 0.29) is 23.6 Å². The second-order valence-electron chi connectivity index (χ2n) is 7.54. The summed E-state index contributed by atoms with van der Waals surface area (Å²) in [4.78, 5) is 21.6. The van der Waals surface area contributed by atoms with Crippen molar-refractivity contribution in [2.75, 3.05) is 46.0 Å². The van der Waals surface area contributed by atoms with E-state index in [1.54, 1.807) is 29.4 Å². The second kappa shape index (κ2) is 8.98. The standard InChI is InChI=1S/C22H26FN3O3/c1-16-4-5-19(23)18(13-16)22(27)26-9-12-29-20(15-25-7-10-28-11-8-25)21(26)17-3-2-6-24-14-17/h2-6,13-14,20-21H,7-12,15H2,1H3/t20-,21-/m0/s1. The van der Waals surface area contributed by atoms with Crippen molar-refractivity contribution in [1.29, 1.82) is 0 Å². The van der Waals surface area contributed by atoms with Crippen LogP contribution in [0, 0.1) is 12.7 Å². The number of hydrogen-bond donors (Lipinski definition) is 0. The van der Waals surface area contributed by atoms with E-state index in [0.717, 1.165) is 24.2 Å². The van der Waals surface area contributed by atoms with Crippen LogP contribution < -0.4 is 0 Å². The number of carbonyl (C=O) groups excluding carboxylic acids is 1. The summed E-state index contributed by atoms with van der Waals surface area (Å²) in [5.41, 5.74) is 1.85. The molecule has 0 bridgehead atoms.